The monoisotopic (exact) mass is 141 g/mol. The summed E-state index contributed by atoms with van der Waals surface area (Å²) < 4.78 is 0. The quantitative estimate of drug-likeness (QED) is 0.445. The fourth-order valence-electron chi connectivity index (χ4n) is 0.428. The lowest BCUT2D eigenvalue weighted by atomic mass is 10.2. The molecular formula is C7H11NO2. The Kier molecular flexibility index (Phi) is 3.43. The first-order chi connectivity index (χ1) is 4.57. The lowest BCUT2D eigenvalue weighted by molar-refractivity contribution is -0.132. The molecule has 0 aromatic heterocycles. The van der Waals surface area contributed by atoms with E-state index in [1.54, 1.807) is 0 Å². The highest BCUT2D eigenvalue weighted by Gasteiger charge is 2.00. The third kappa shape index (κ3) is 3.04. The van der Waals surface area contributed by atoms with Gasteiger partial charge in [0.2, 0.25) is 0 Å². The molecule has 0 fully saturated rings. The predicted molar refractivity (Wildman–Crippen MR) is 39.6 cm³/mol. The first-order valence-electron chi connectivity index (χ1n) is 2.87. The minimum Gasteiger partial charge on any atom is -0.478 e. The molecule has 0 aromatic carbocycles. The second-order valence-electron chi connectivity index (χ2n) is 1.97. The third-order valence-electron chi connectivity index (χ3n) is 1.05. The maximum atomic E-state index is 10.2. The van der Waals surface area contributed by atoms with E-state index < -0.39 is 5.97 Å². The second-order valence-corrected chi connectivity index (χ2v) is 1.97. The van der Waals surface area contributed by atoms with Crippen molar-refractivity contribution in [2.45, 2.75) is 13.0 Å². The average molecular weight is 141 g/mol. The van der Waals surface area contributed by atoms with Gasteiger partial charge in [0.1, 0.15) is 0 Å². The molecule has 0 aromatic rings. The van der Waals surface area contributed by atoms with Crippen molar-refractivity contribution in [2.75, 3.05) is 0 Å². The highest BCUT2D eigenvalue weighted by molar-refractivity contribution is 5.85. The second kappa shape index (κ2) is 3.85. The molecule has 0 rings (SSSR count). The first kappa shape index (κ1) is 8.91. The summed E-state index contributed by atoms with van der Waals surface area (Å²) in [5.41, 5.74) is 5.60. The van der Waals surface area contributed by atoms with Crippen LogP contribution in [0.2, 0.25) is 0 Å². The van der Waals surface area contributed by atoms with E-state index in [0.29, 0.717) is 0 Å². The Bertz CT molecular complexity index is 172. The van der Waals surface area contributed by atoms with E-state index in [-0.39, 0.29) is 11.6 Å². The van der Waals surface area contributed by atoms with Gasteiger partial charge in [-0.2, -0.15) is 0 Å². The molecule has 0 aliphatic carbocycles. The van der Waals surface area contributed by atoms with Crippen molar-refractivity contribution >= 4 is 5.97 Å². The molecule has 3 N–H and O–H groups in total. The molecule has 0 aliphatic heterocycles. The Hall–Kier alpha value is -1.09. The molecule has 0 saturated heterocycles. The van der Waals surface area contributed by atoms with Crippen LogP contribution in [0.25, 0.3) is 0 Å². The Morgan fingerprint density at radius 2 is 2.30 bits per heavy atom. The highest BCUT2D eigenvalue weighted by Crippen LogP contribution is 1.94. The van der Waals surface area contributed by atoms with Crippen molar-refractivity contribution in [3.05, 3.63) is 24.3 Å². The number of aliphatic carboxylic acids is 1. The van der Waals surface area contributed by atoms with E-state index >= 15 is 0 Å². The van der Waals surface area contributed by atoms with E-state index in [1.807, 2.05) is 0 Å². The summed E-state index contributed by atoms with van der Waals surface area (Å²) in [4.78, 5) is 10.2. The molecule has 56 valence electrons. The first-order valence-corrected chi connectivity index (χ1v) is 2.87. The van der Waals surface area contributed by atoms with Crippen molar-refractivity contribution in [1.29, 1.82) is 0 Å². The van der Waals surface area contributed by atoms with E-state index in [2.05, 4.69) is 6.58 Å². The molecule has 0 bridgehead atoms. The number of nitrogens with two attached hydrogens (primary N) is 1. The number of carboxylic acid groups (broad SMARTS) is 1. The van der Waals surface area contributed by atoms with Gasteiger partial charge >= 0.3 is 5.97 Å². The molecule has 0 amide bonds. The van der Waals surface area contributed by atoms with Gasteiger partial charge in [-0.05, 0) is 6.92 Å². The molecule has 10 heavy (non-hydrogen) atoms. The van der Waals surface area contributed by atoms with Gasteiger partial charge in [0, 0.05) is 11.6 Å². The van der Waals surface area contributed by atoms with Crippen LogP contribution < -0.4 is 5.73 Å². The van der Waals surface area contributed by atoms with Gasteiger partial charge in [-0.15, -0.1) is 6.58 Å². The van der Waals surface area contributed by atoms with Crippen LogP contribution in [0.5, 0.6) is 0 Å². The van der Waals surface area contributed by atoms with Crippen molar-refractivity contribution < 1.29 is 9.90 Å². The standard InChI is InChI=1S/C7H11NO2/c1-3-6(8)4-5(2)7(9)10/h3-4,6H,1,8H2,2H3,(H,9,10). The number of hydrogen-bond donors (Lipinski definition) is 2. The fraction of sp³-hybridized carbons (Fsp3) is 0.286. The molecule has 0 heterocycles. The molecule has 1 unspecified atom stereocenters. The summed E-state index contributed by atoms with van der Waals surface area (Å²) in [5.74, 6) is -0.947. The van der Waals surface area contributed by atoms with Gasteiger partial charge in [-0.3, -0.25) is 0 Å². The maximum Gasteiger partial charge on any atom is 0.331 e. The third-order valence-corrected chi connectivity index (χ3v) is 1.05. The number of hydrogen-bond acceptors (Lipinski definition) is 2. The van der Waals surface area contributed by atoms with Gasteiger partial charge in [0.25, 0.3) is 0 Å². The predicted octanol–water partition coefficient (Wildman–Crippen LogP) is 0.531. The van der Waals surface area contributed by atoms with Crippen LogP contribution in [0, 0.1) is 0 Å². The van der Waals surface area contributed by atoms with Crippen molar-refractivity contribution in [3.8, 4) is 0 Å². The van der Waals surface area contributed by atoms with Crippen LogP contribution in [0.1, 0.15) is 6.92 Å². The SMILES string of the molecule is C=CC(N)C=C(C)C(=O)O. The highest BCUT2D eigenvalue weighted by atomic mass is 16.4. The maximum absolute atomic E-state index is 10.2. The summed E-state index contributed by atoms with van der Waals surface area (Å²) in [6, 6.07) is -0.365. The number of carboxylic acids is 1. The fourth-order valence-corrected chi connectivity index (χ4v) is 0.428. The topological polar surface area (TPSA) is 63.3 Å². The van der Waals surface area contributed by atoms with Gasteiger partial charge < -0.3 is 10.8 Å². The summed E-state index contributed by atoms with van der Waals surface area (Å²) in [7, 11) is 0. The van der Waals surface area contributed by atoms with Gasteiger partial charge in [0.05, 0.1) is 0 Å². The average Bonchev–Trinajstić information content (AvgIpc) is 1.87. The molecule has 3 nitrogen and oxygen atoms in total. The molecule has 3 heteroatoms. The summed E-state index contributed by atoms with van der Waals surface area (Å²) in [6.07, 6.45) is 2.92. The largest absolute Gasteiger partial charge is 0.478 e. The zero-order chi connectivity index (χ0) is 8.15. The molecule has 0 spiro atoms. The summed E-state index contributed by atoms with van der Waals surface area (Å²) >= 11 is 0. The van der Waals surface area contributed by atoms with Gasteiger partial charge in [-0.25, -0.2) is 4.79 Å². The Morgan fingerprint density at radius 1 is 1.80 bits per heavy atom. The van der Waals surface area contributed by atoms with Crippen molar-refractivity contribution in [2.24, 2.45) is 5.73 Å². The van der Waals surface area contributed by atoms with Crippen LogP contribution in [0.4, 0.5) is 0 Å². The van der Waals surface area contributed by atoms with Crippen LogP contribution in [-0.2, 0) is 4.79 Å². The Morgan fingerprint density at radius 3 is 2.60 bits per heavy atom. The number of rotatable bonds is 3. The van der Waals surface area contributed by atoms with Crippen LogP contribution in [0.3, 0.4) is 0 Å². The van der Waals surface area contributed by atoms with Crippen LogP contribution in [-0.4, -0.2) is 17.1 Å². The van der Waals surface area contributed by atoms with Crippen molar-refractivity contribution in [1.82, 2.24) is 0 Å². The molecule has 0 radical (unpaired) electrons. The minimum atomic E-state index is -0.947. The van der Waals surface area contributed by atoms with Gasteiger partial charge in [0.15, 0.2) is 0 Å². The van der Waals surface area contributed by atoms with E-state index in [9.17, 15) is 4.79 Å². The van der Waals surface area contributed by atoms with Crippen LogP contribution >= 0.6 is 0 Å². The molecule has 0 aliphatic rings. The molecule has 0 saturated carbocycles. The zero-order valence-corrected chi connectivity index (χ0v) is 5.87. The lowest BCUT2D eigenvalue weighted by Crippen LogP contribution is -2.14. The summed E-state index contributed by atoms with van der Waals surface area (Å²) in [6.45, 7) is 4.90. The van der Waals surface area contributed by atoms with E-state index in [0.717, 1.165) is 0 Å². The van der Waals surface area contributed by atoms with E-state index in [1.165, 1.54) is 19.1 Å². The lowest BCUT2D eigenvalue weighted by Gasteiger charge is -1.97. The summed E-state index contributed by atoms with van der Waals surface area (Å²) in [5, 5.41) is 8.37. The van der Waals surface area contributed by atoms with Crippen LogP contribution in [0.15, 0.2) is 24.3 Å². The van der Waals surface area contributed by atoms with E-state index in [4.69, 9.17) is 10.8 Å². The Labute approximate surface area is 59.8 Å². The smallest absolute Gasteiger partial charge is 0.331 e. The molecule has 1 atom stereocenters. The normalized spacial score (nSPS) is 14.4. The number of carbonyl (C=O) groups is 1. The molecular weight excluding hydrogens is 130 g/mol. The minimum absolute atomic E-state index is 0.243. The van der Waals surface area contributed by atoms with Gasteiger partial charge in [-0.1, -0.05) is 12.2 Å². The van der Waals surface area contributed by atoms with Crippen molar-refractivity contribution in [3.63, 3.8) is 0 Å². The zero-order valence-electron chi connectivity index (χ0n) is 5.87. The Balaban J connectivity index is 4.15.